The van der Waals surface area contributed by atoms with Crippen molar-refractivity contribution in [3.8, 4) is 0 Å². The number of anilines is 1. The minimum Gasteiger partial charge on any atom is -0.322 e. The van der Waals surface area contributed by atoms with Gasteiger partial charge in [0.1, 0.15) is 5.82 Å². The highest BCUT2D eigenvalue weighted by Crippen LogP contribution is 2.20. The molecule has 0 fully saturated rings. The second-order valence-electron chi connectivity index (χ2n) is 4.04. The summed E-state index contributed by atoms with van der Waals surface area (Å²) in [5, 5.41) is 2.69. The van der Waals surface area contributed by atoms with Crippen molar-refractivity contribution >= 4 is 50.1 Å². The number of benzene rings is 2. The van der Waals surface area contributed by atoms with Crippen molar-refractivity contribution in [1.29, 1.82) is 0 Å². The number of hydrogen-bond acceptors (Lipinski definition) is 1. The van der Waals surface area contributed by atoms with E-state index in [2.05, 4.69) is 43.8 Å². The summed E-state index contributed by atoms with van der Waals surface area (Å²) in [7, 11) is 0. The number of amides is 1. The lowest BCUT2D eigenvalue weighted by Gasteiger charge is -2.08. The fourth-order valence-electron chi connectivity index (χ4n) is 1.54. The Morgan fingerprint density at radius 2 is 2.00 bits per heavy atom. The maximum atomic E-state index is 13.6. The van der Waals surface area contributed by atoms with Crippen LogP contribution in [-0.2, 0) is 0 Å². The Hall–Kier alpha value is -0.950. The summed E-state index contributed by atoms with van der Waals surface area (Å²) in [6, 6.07) is 9.84. The predicted octanol–water partition coefficient (Wildman–Crippen LogP) is 4.75. The van der Waals surface area contributed by atoms with E-state index < -0.39 is 11.7 Å². The zero-order valence-corrected chi connectivity index (χ0v) is 13.7. The SMILES string of the molecule is Cc1ccc(NC(=O)c2cc(Br)ccc2F)cc1I. The molecule has 5 heteroatoms. The highest BCUT2D eigenvalue weighted by Gasteiger charge is 2.12. The molecule has 0 heterocycles. The Morgan fingerprint density at radius 1 is 1.26 bits per heavy atom. The van der Waals surface area contributed by atoms with E-state index in [1.165, 1.54) is 12.1 Å². The standard InChI is InChI=1S/C14H10BrFINO/c1-8-2-4-10(7-13(8)17)18-14(19)11-6-9(15)3-5-12(11)16/h2-7H,1H3,(H,18,19). The van der Waals surface area contributed by atoms with E-state index in [0.717, 1.165) is 9.13 Å². The van der Waals surface area contributed by atoms with E-state index in [1.807, 2.05) is 19.1 Å². The van der Waals surface area contributed by atoms with Crippen LogP contribution in [0.25, 0.3) is 0 Å². The molecule has 0 saturated carbocycles. The van der Waals surface area contributed by atoms with E-state index in [9.17, 15) is 9.18 Å². The number of halogens is 3. The van der Waals surface area contributed by atoms with Crippen molar-refractivity contribution in [2.75, 3.05) is 5.32 Å². The first-order valence-corrected chi connectivity index (χ1v) is 7.37. The zero-order chi connectivity index (χ0) is 14.0. The molecule has 0 bridgehead atoms. The monoisotopic (exact) mass is 433 g/mol. The van der Waals surface area contributed by atoms with Gasteiger partial charge in [-0.05, 0) is 65.4 Å². The maximum absolute atomic E-state index is 13.6. The minimum absolute atomic E-state index is 0.0185. The second-order valence-corrected chi connectivity index (χ2v) is 6.12. The largest absolute Gasteiger partial charge is 0.322 e. The lowest BCUT2D eigenvalue weighted by molar-refractivity contribution is 0.102. The molecule has 0 aliphatic carbocycles. The van der Waals surface area contributed by atoms with Crippen LogP contribution in [0.2, 0.25) is 0 Å². The normalized spacial score (nSPS) is 10.3. The molecule has 1 N–H and O–H groups in total. The second kappa shape index (κ2) is 6.00. The van der Waals surface area contributed by atoms with E-state index in [1.54, 1.807) is 12.1 Å². The third-order valence-corrected chi connectivity index (χ3v) is 4.26. The Kier molecular flexibility index (Phi) is 4.57. The molecule has 2 rings (SSSR count). The fraction of sp³-hybridized carbons (Fsp3) is 0.0714. The smallest absolute Gasteiger partial charge is 0.258 e. The first-order valence-electron chi connectivity index (χ1n) is 5.50. The topological polar surface area (TPSA) is 29.1 Å². The van der Waals surface area contributed by atoms with Gasteiger partial charge in [-0.15, -0.1) is 0 Å². The summed E-state index contributed by atoms with van der Waals surface area (Å²) in [5.41, 5.74) is 1.80. The molecule has 2 aromatic carbocycles. The van der Waals surface area contributed by atoms with E-state index in [0.29, 0.717) is 10.2 Å². The molecule has 0 aromatic heterocycles. The summed E-state index contributed by atoms with van der Waals surface area (Å²) in [4.78, 5) is 12.0. The fourth-order valence-corrected chi connectivity index (χ4v) is 2.42. The van der Waals surface area contributed by atoms with Crippen LogP contribution in [0, 0.1) is 16.3 Å². The van der Waals surface area contributed by atoms with Gasteiger partial charge in [0.25, 0.3) is 5.91 Å². The number of hydrogen-bond donors (Lipinski definition) is 1. The van der Waals surface area contributed by atoms with Crippen LogP contribution in [0.1, 0.15) is 15.9 Å². The van der Waals surface area contributed by atoms with Crippen LogP contribution in [-0.4, -0.2) is 5.91 Å². The summed E-state index contributed by atoms with van der Waals surface area (Å²) < 4.78 is 15.3. The minimum atomic E-state index is -0.539. The average molecular weight is 434 g/mol. The van der Waals surface area contributed by atoms with Gasteiger partial charge < -0.3 is 5.32 Å². The van der Waals surface area contributed by atoms with Gasteiger partial charge in [-0.25, -0.2) is 4.39 Å². The summed E-state index contributed by atoms with van der Waals surface area (Å²) in [6.45, 7) is 1.99. The van der Waals surface area contributed by atoms with Gasteiger partial charge in [-0.3, -0.25) is 4.79 Å². The third-order valence-electron chi connectivity index (χ3n) is 2.60. The average Bonchev–Trinajstić information content (AvgIpc) is 2.36. The van der Waals surface area contributed by atoms with E-state index >= 15 is 0 Å². The number of carbonyl (C=O) groups is 1. The Labute approximate surface area is 132 Å². The zero-order valence-electron chi connectivity index (χ0n) is 10.0. The molecule has 19 heavy (non-hydrogen) atoms. The highest BCUT2D eigenvalue weighted by atomic mass is 127. The van der Waals surface area contributed by atoms with Crippen molar-refractivity contribution in [2.24, 2.45) is 0 Å². The molecule has 0 radical (unpaired) electrons. The molecule has 0 saturated heterocycles. The van der Waals surface area contributed by atoms with Gasteiger partial charge >= 0.3 is 0 Å². The van der Waals surface area contributed by atoms with Crippen LogP contribution in [0.3, 0.4) is 0 Å². The van der Waals surface area contributed by atoms with Gasteiger partial charge in [0, 0.05) is 13.7 Å². The van der Waals surface area contributed by atoms with Gasteiger partial charge in [0.15, 0.2) is 0 Å². The Bertz CT molecular complexity index is 645. The molecule has 98 valence electrons. The first-order chi connectivity index (χ1) is 8.97. The number of aryl methyl sites for hydroxylation is 1. The van der Waals surface area contributed by atoms with Gasteiger partial charge in [0.05, 0.1) is 5.56 Å². The Balaban J connectivity index is 2.25. The van der Waals surface area contributed by atoms with Crippen molar-refractivity contribution < 1.29 is 9.18 Å². The number of nitrogens with one attached hydrogen (secondary N) is 1. The van der Waals surface area contributed by atoms with E-state index in [-0.39, 0.29) is 5.56 Å². The number of carbonyl (C=O) groups excluding carboxylic acids is 1. The molecule has 0 unspecified atom stereocenters. The lowest BCUT2D eigenvalue weighted by Crippen LogP contribution is -2.14. The molecule has 2 nitrogen and oxygen atoms in total. The summed E-state index contributed by atoms with van der Waals surface area (Å²) in [6.07, 6.45) is 0. The maximum Gasteiger partial charge on any atom is 0.258 e. The van der Waals surface area contributed by atoms with Crippen molar-refractivity contribution in [3.05, 3.63) is 61.4 Å². The molecule has 0 atom stereocenters. The molecular formula is C14H10BrFINO. The van der Waals surface area contributed by atoms with Crippen LogP contribution in [0.15, 0.2) is 40.9 Å². The lowest BCUT2D eigenvalue weighted by atomic mass is 10.2. The number of rotatable bonds is 2. The third kappa shape index (κ3) is 3.54. The molecule has 0 aliphatic heterocycles. The van der Waals surface area contributed by atoms with Crippen molar-refractivity contribution in [3.63, 3.8) is 0 Å². The van der Waals surface area contributed by atoms with Gasteiger partial charge in [-0.1, -0.05) is 22.0 Å². The molecule has 0 aliphatic rings. The Morgan fingerprint density at radius 3 is 2.68 bits per heavy atom. The first kappa shape index (κ1) is 14.5. The predicted molar refractivity (Wildman–Crippen MR) is 85.9 cm³/mol. The highest BCUT2D eigenvalue weighted by molar-refractivity contribution is 14.1. The quantitative estimate of drug-likeness (QED) is 0.680. The van der Waals surface area contributed by atoms with Gasteiger partial charge in [0.2, 0.25) is 0 Å². The molecule has 0 spiro atoms. The van der Waals surface area contributed by atoms with Crippen molar-refractivity contribution in [1.82, 2.24) is 0 Å². The van der Waals surface area contributed by atoms with Crippen molar-refractivity contribution in [2.45, 2.75) is 6.92 Å². The van der Waals surface area contributed by atoms with E-state index in [4.69, 9.17) is 0 Å². The van der Waals surface area contributed by atoms with Crippen LogP contribution in [0.4, 0.5) is 10.1 Å². The van der Waals surface area contributed by atoms with Gasteiger partial charge in [-0.2, -0.15) is 0 Å². The van der Waals surface area contributed by atoms with Crippen LogP contribution < -0.4 is 5.32 Å². The molecular weight excluding hydrogens is 424 g/mol. The summed E-state index contributed by atoms with van der Waals surface area (Å²) in [5.74, 6) is -0.999. The summed E-state index contributed by atoms with van der Waals surface area (Å²) >= 11 is 5.41. The van der Waals surface area contributed by atoms with Crippen LogP contribution in [0.5, 0.6) is 0 Å². The molecule has 2 aromatic rings. The molecule has 1 amide bonds. The van der Waals surface area contributed by atoms with Crippen LogP contribution >= 0.6 is 38.5 Å².